The largest absolute Gasteiger partial charge is 0.394 e. The predicted octanol–water partition coefficient (Wildman–Crippen LogP) is 3.43. The summed E-state index contributed by atoms with van der Waals surface area (Å²) in [6, 6.07) is -0.830. The van der Waals surface area contributed by atoms with Gasteiger partial charge < -0.3 is 65.1 Å². The summed E-state index contributed by atoms with van der Waals surface area (Å²) in [7, 11) is 0. The molecule has 0 aromatic heterocycles. The Morgan fingerprint density at radius 1 is 0.643 bits per heavy atom. The van der Waals surface area contributed by atoms with Crippen molar-refractivity contribution in [2.45, 2.75) is 216 Å². The SMILES string of the molecule is CCCC/C=C\C/C=C\CCCCCCCC(=O)NC(COC1OC(CO)C(OC2OC(CO)C(O)C(O)C2O)C(O)C1O)C(O)CCCCCCCCCC. The van der Waals surface area contributed by atoms with Crippen LogP contribution in [0.4, 0.5) is 0 Å². The van der Waals surface area contributed by atoms with Crippen LogP contribution in [0, 0.1) is 0 Å². The molecule has 12 unspecified atom stereocenters. The number of hydrogen-bond donors (Lipinski definition) is 9. The van der Waals surface area contributed by atoms with Gasteiger partial charge in [0, 0.05) is 6.42 Å². The van der Waals surface area contributed by atoms with Crippen LogP contribution in [0.2, 0.25) is 0 Å². The van der Waals surface area contributed by atoms with E-state index in [1.807, 2.05) is 0 Å². The minimum atomic E-state index is -1.78. The van der Waals surface area contributed by atoms with Crippen molar-refractivity contribution in [1.29, 1.82) is 0 Å². The van der Waals surface area contributed by atoms with E-state index in [0.29, 0.717) is 12.8 Å². The van der Waals surface area contributed by atoms with Crippen molar-refractivity contribution in [3.63, 3.8) is 0 Å². The minimum Gasteiger partial charge on any atom is -0.394 e. The normalized spacial score (nSPS) is 29.6. The molecule has 2 fully saturated rings. The van der Waals surface area contributed by atoms with E-state index in [1.165, 1.54) is 38.5 Å². The molecule has 0 aliphatic carbocycles. The van der Waals surface area contributed by atoms with E-state index in [2.05, 4.69) is 43.5 Å². The second kappa shape index (κ2) is 30.5. The van der Waals surface area contributed by atoms with Gasteiger partial charge in [-0.3, -0.25) is 4.79 Å². The van der Waals surface area contributed by atoms with Crippen molar-refractivity contribution in [3.8, 4) is 0 Å². The predicted molar refractivity (Wildman–Crippen MR) is 212 cm³/mol. The maximum atomic E-state index is 13.0. The number of carbonyl (C=O) groups is 1. The molecule has 56 heavy (non-hydrogen) atoms. The molecule has 0 radical (unpaired) electrons. The average molecular weight is 804 g/mol. The lowest BCUT2D eigenvalue weighted by Gasteiger charge is -2.46. The summed E-state index contributed by atoms with van der Waals surface area (Å²) in [6.07, 6.45) is 12.1. The van der Waals surface area contributed by atoms with Gasteiger partial charge in [0.2, 0.25) is 5.91 Å². The number of nitrogens with one attached hydrogen (secondary N) is 1. The highest BCUT2D eigenvalue weighted by Gasteiger charge is 2.50. The van der Waals surface area contributed by atoms with Crippen molar-refractivity contribution < 1.29 is 64.6 Å². The number of aliphatic hydroxyl groups excluding tert-OH is 8. The minimum absolute atomic E-state index is 0.227. The number of allylic oxidation sites excluding steroid dienone is 4. The number of hydrogen-bond acceptors (Lipinski definition) is 13. The number of amides is 1. The maximum Gasteiger partial charge on any atom is 0.220 e. The van der Waals surface area contributed by atoms with Gasteiger partial charge in [0.05, 0.1) is 32.0 Å². The molecule has 9 N–H and O–H groups in total. The van der Waals surface area contributed by atoms with Crippen LogP contribution >= 0.6 is 0 Å². The maximum absolute atomic E-state index is 13.0. The van der Waals surface area contributed by atoms with Gasteiger partial charge in [-0.25, -0.2) is 0 Å². The molecule has 0 aromatic carbocycles. The summed E-state index contributed by atoms with van der Waals surface area (Å²) in [5.41, 5.74) is 0. The number of ether oxygens (including phenoxy) is 4. The van der Waals surface area contributed by atoms with Crippen LogP contribution in [0.1, 0.15) is 142 Å². The standard InChI is InChI=1S/C42H77NO13/c1-3-5-7-9-11-13-14-15-16-17-18-20-22-24-26-34(47)43-30(31(46)25-23-21-19-12-10-8-6-4-2)29-53-41-39(52)37(50)40(33(28-45)55-41)56-42-38(51)36(49)35(48)32(27-44)54-42/h9,11,14-15,30-33,35-42,44-46,48-52H,3-8,10,12-13,16-29H2,1-2H3,(H,43,47)/b11-9-,15-14-. The Bertz CT molecular complexity index is 1050. The first kappa shape index (κ1) is 50.6. The van der Waals surface area contributed by atoms with E-state index in [-0.39, 0.29) is 18.9 Å². The van der Waals surface area contributed by atoms with Gasteiger partial charge in [-0.15, -0.1) is 0 Å². The summed E-state index contributed by atoms with van der Waals surface area (Å²) < 4.78 is 22.6. The van der Waals surface area contributed by atoms with Gasteiger partial charge in [-0.05, 0) is 38.5 Å². The lowest BCUT2D eigenvalue weighted by atomic mass is 9.97. The van der Waals surface area contributed by atoms with Crippen molar-refractivity contribution in [3.05, 3.63) is 24.3 Å². The molecule has 0 bridgehead atoms. The fourth-order valence-corrected chi connectivity index (χ4v) is 7.01. The second-order valence-corrected chi connectivity index (χ2v) is 15.5. The Labute approximate surface area is 335 Å². The summed E-state index contributed by atoms with van der Waals surface area (Å²) in [4.78, 5) is 13.0. The molecule has 2 saturated heterocycles. The van der Waals surface area contributed by atoms with Gasteiger partial charge >= 0.3 is 0 Å². The molecule has 0 aromatic rings. The molecule has 2 rings (SSSR count). The molecule has 2 heterocycles. The molecule has 0 saturated carbocycles. The first-order valence-corrected chi connectivity index (χ1v) is 21.6. The van der Waals surface area contributed by atoms with Crippen LogP contribution in [0.5, 0.6) is 0 Å². The third-order valence-electron chi connectivity index (χ3n) is 10.7. The van der Waals surface area contributed by atoms with Gasteiger partial charge in [0.25, 0.3) is 0 Å². The van der Waals surface area contributed by atoms with E-state index in [1.54, 1.807) is 0 Å². The monoisotopic (exact) mass is 804 g/mol. The Morgan fingerprint density at radius 3 is 1.84 bits per heavy atom. The quantitative estimate of drug-likeness (QED) is 0.0362. The Balaban J connectivity index is 1.89. The zero-order chi connectivity index (χ0) is 41.1. The topological polar surface area (TPSA) is 228 Å². The molecule has 328 valence electrons. The van der Waals surface area contributed by atoms with E-state index in [0.717, 1.165) is 70.6 Å². The van der Waals surface area contributed by atoms with Gasteiger partial charge in [0.15, 0.2) is 12.6 Å². The van der Waals surface area contributed by atoms with E-state index in [4.69, 9.17) is 18.9 Å². The summed E-state index contributed by atoms with van der Waals surface area (Å²) >= 11 is 0. The molecular weight excluding hydrogens is 726 g/mol. The lowest BCUT2D eigenvalue weighted by Crippen LogP contribution is -2.65. The van der Waals surface area contributed by atoms with Crippen molar-refractivity contribution in [1.82, 2.24) is 5.32 Å². The summed E-state index contributed by atoms with van der Waals surface area (Å²) in [5.74, 6) is -0.227. The van der Waals surface area contributed by atoms with Crippen molar-refractivity contribution >= 4 is 5.91 Å². The lowest BCUT2D eigenvalue weighted by molar-refractivity contribution is -0.359. The van der Waals surface area contributed by atoms with Crippen LogP contribution in [0.25, 0.3) is 0 Å². The Hall–Kier alpha value is -1.53. The molecule has 0 spiro atoms. The fourth-order valence-electron chi connectivity index (χ4n) is 7.01. The van der Waals surface area contributed by atoms with Gasteiger partial charge in [-0.2, -0.15) is 0 Å². The average Bonchev–Trinajstić information content (AvgIpc) is 3.19. The van der Waals surface area contributed by atoms with Crippen molar-refractivity contribution in [2.75, 3.05) is 19.8 Å². The van der Waals surface area contributed by atoms with Crippen LogP contribution in [-0.2, 0) is 23.7 Å². The number of carbonyl (C=O) groups excluding carboxylic acids is 1. The number of aliphatic hydroxyl groups is 8. The zero-order valence-electron chi connectivity index (χ0n) is 34.1. The zero-order valence-corrected chi connectivity index (χ0v) is 34.1. The van der Waals surface area contributed by atoms with E-state index >= 15 is 0 Å². The van der Waals surface area contributed by atoms with E-state index < -0.39 is 86.8 Å². The summed E-state index contributed by atoms with van der Waals surface area (Å²) in [5, 5.41) is 86.3. The van der Waals surface area contributed by atoms with Crippen LogP contribution in [0.15, 0.2) is 24.3 Å². The van der Waals surface area contributed by atoms with Crippen molar-refractivity contribution in [2.24, 2.45) is 0 Å². The third kappa shape index (κ3) is 19.0. The van der Waals surface area contributed by atoms with Crippen LogP contribution < -0.4 is 5.32 Å². The molecule has 2 aliphatic rings. The first-order valence-electron chi connectivity index (χ1n) is 21.6. The molecule has 2 aliphatic heterocycles. The third-order valence-corrected chi connectivity index (χ3v) is 10.7. The van der Waals surface area contributed by atoms with Gasteiger partial charge in [0.1, 0.15) is 48.8 Å². The van der Waals surface area contributed by atoms with E-state index in [9.17, 15) is 45.6 Å². The first-order chi connectivity index (χ1) is 27.1. The van der Waals surface area contributed by atoms with Crippen LogP contribution in [-0.4, -0.2) is 140 Å². The van der Waals surface area contributed by atoms with Crippen LogP contribution in [0.3, 0.4) is 0 Å². The fraction of sp³-hybridized carbons (Fsp3) is 0.881. The number of unbranched alkanes of at least 4 members (excludes halogenated alkanes) is 14. The molecular formula is C42H77NO13. The van der Waals surface area contributed by atoms with Gasteiger partial charge in [-0.1, -0.05) is 122 Å². The summed E-state index contributed by atoms with van der Waals surface area (Å²) in [6.45, 7) is 2.72. The molecule has 14 heteroatoms. The molecule has 1 amide bonds. The highest BCUT2D eigenvalue weighted by Crippen LogP contribution is 2.30. The molecule has 12 atom stereocenters. The highest BCUT2D eigenvalue weighted by molar-refractivity contribution is 5.76. The Kier molecular flexibility index (Phi) is 27.6. The number of rotatable bonds is 31. The Morgan fingerprint density at radius 2 is 1.20 bits per heavy atom. The smallest absolute Gasteiger partial charge is 0.220 e. The highest BCUT2D eigenvalue weighted by atomic mass is 16.7. The molecule has 14 nitrogen and oxygen atoms in total. The second-order valence-electron chi connectivity index (χ2n) is 15.5.